The SMILES string of the molecule is CC(C)(C)c1ccc(OC2CCCCC2=O)cc1. The second-order valence-corrected chi connectivity index (χ2v) is 6.09. The Morgan fingerprint density at radius 1 is 1.11 bits per heavy atom. The summed E-state index contributed by atoms with van der Waals surface area (Å²) in [6, 6.07) is 8.12. The number of carbonyl (C=O) groups is 1. The number of hydrogen-bond acceptors (Lipinski definition) is 2. The van der Waals surface area contributed by atoms with Crippen LogP contribution in [0.2, 0.25) is 0 Å². The van der Waals surface area contributed by atoms with Gasteiger partial charge in [0.1, 0.15) is 5.75 Å². The molecule has 0 amide bonds. The largest absolute Gasteiger partial charge is 0.483 e. The Kier molecular flexibility index (Phi) is 3.74. The average molecular weight is 246 g/mol. The first-order valence-electron chi connectivity index (χ1n) is 6.77. The number of Topliss-reactive ketones (excluding diaryl/α,β-unsaturated/α-hetero) is 1. The summed E-state index contributed by atoms with van der Waals surface area (Å²) in [5, 5.41) is 0. The summed E-state index contributed by atoms with van der Waals surface area (Å²) in [4.78, 5) is 11.7. The molecule has 1 saturated carbocycles. The lowest BCUT2D eigenvalue weighted by Crippen LogP contribution is -2.30. The zero-order valence-corrected chi connectivity index (χ0v) is 11.5. The van der Waals surface area contributed by atoms with Gasteiger partial charge in [-0.2, -0.15) is 0 Å². The lowest BCUT2D eigenvalue weighted by molar-refractivity contribution is -0.127. The fraction of sp³-hybridized carbons (Fsp3) is 0.562. The Hall–Kier alpha value is -1.31. The second-order valence-electron chi connectivity index (χ2n) is 6.09. The van der Waals surface area contributed by atoms with Crippen LogP contribution in [0.4, 0.5) is 0 Å². The van der Waals surface area contributed by atoms with E-state index >= 15 is 0 Å². The monoisotopic (exact) mass is 246 g/mol. The van der Waals surface area contributed by atoms with Crippen molar-refractivity contribution in [2.24, 2.45) is 0 Å². The molecule has 0 aromatic heterocycles. The van der Waals surface area contributed by atoms with Gasteiger partial charge in [0.2, 0.25) is 0 Å². The standard InChI is InChI=1S/C16H22O2/c1-16(2,3)12-8-10-13(11-9-12)18-15-7-5-4-6-14(15)17/h8-11,15H,4-7H2,1-3H3. The van der Waals surface area contributed by atoms with Crippen molar-refractivity contribution < 1.29 is 9.53 Å². The highest BCUT2D eigenvalue weighted by atomic mass is 16.5. The Labute approximate surface area is 109 Å². The minimum atomic E-state index is -0.223. The van der Waals surface area contributed by atoms with Crippen molar-refractivity contribution >= 4 is 5.78 Å². The zero-order valence-electron chi connectivity index (χ0n) is 11.5. The van der Waals surface area contributed by atoms with Crippen LogP contribution in [0.25, 0.3) is 0 Å². The van der Waals surface area contributed by atoms with Gasteiger partial charge < -0.3 is 4.74 Å². The van der Waals surface area contributed by atoms with Crippen LogP contribution in [0.3, 0.4) is 0 Å². The van der Waals surface area contributed by atoms with E-state index in [1.807, 2.05) is 12.1 Å². The van der Waals surface area contributed by atoms with Crippen molar-refractivity contribution in [3.05, 3.63) is 29.8 Å². The molecule has 0 radical (unpaired) electrons. The van der Waals surface area contributed by atoms with Gasteiger partial charge >= 0.3 is 0 Å². The molecule has 1 fully saturated rings. The molecule has 0 N–H and O–H groups in total. The maximum atomic E-state index is 11.7. The molecule has 98 valence electrons. The Morgan fingerprint density at radius 3 is 2.33 bits per heavy atom. The molecule has 2 nitrogen and oxygen atoms in total. The molecule has 0 bridgehead atoms. The van der Waals surface area contributed by atoms with Gasteiger partial charge in [0, 0.05) is 6.42 Å². The van der Waals surface area contributed by atoms with Gasteiger partial charge in [-0.05, 0) is 42.4 Å². The van der Waals surface area contributed by atoms with Gasteiger partial charge in [-0.3, -0.25) is 4.79 Å². The molecule has 1 aliphatic carbocycles. The lowest BCUT2D eigenvalue weighted by atomic mass is 9.87. The molecule has 2 rings (SSSR count). The molecule has 0 heterocycles. The van der Waals surface area contributed by atoms with E-state index in [0.717, 1.165) is 25.0 Å². The van der Waals surface area contributed by atoms with Crippen LogP contribution < -0.4 is 4.74 Å². The predicted molar refractivity (Wildman–Crippen MR) is 73.0 cm³/mol. The van der Waals surface area contributed by atoms with Gasteiger partial charge in [0.05, 0.1) is 0 Å². The van der Waals surface area contributed by atoms with Crippen LogP contribution in [-0.4, -0.2) is 11.9 Å². The van der Waals surface area contributed by atoms with Crippen LogP contribution in [0.1, 0.15) is 52.0 Å². The summed E-state index contributed by atoms with van der Waals surface area (Å²) in [6.07, 6.45) is 3.42. The molecule has 1 unspecified atom stereocenters. The van der Waals surface area contributed by atoms with E-state index in [9.17, 15) is 4.79 Å². The number of hydrogen-bond donors (Lipinski definition) is 0. The smallest absolute Gasteiger partial charge is 0.173 e. The first-order valence-corrected chi connectivity index (χ1v) is 6.77. The van der Waals surface area contributed by atoms with Crippen molar-refractivity contribution in [3.63, 3.8) is 0 Å². The predicted octanol–water partition coefficient (Wildman–Crippen LogP) is 3.87. The third-order valence-corrected chi connectivity index (χ3v) is 3.50. The van der Waals surface area contributed by atoms with Gasteiger partial charge in [0.15, 0.2) is 11.9 Å². The highest BCUT2D eigenvalue weighted by Gasteiger charge is 2.23. The Balaban J connectivity index is 2.04. The average Bonchev–Trinajstić information content (AvgIpc) is 2.32. The quantitative estimate of drug-likeness (QED) is 0.791. The van der Waals surface area contributed by atoms with E-state index in [1.54, 1.807) is 0 Å². The molecule has 0 aliphatic heterocycles. The van der Waals surface area contributed by atoms with Crippen LogP contribution in [0.5, 0.6) is 5.75 Å². The summed E-state index contributed by atoms with van der Waals surface area (Å²) in [6.45, 7) is 6.56. The summed E-state index contributed by atoms with van der Waals surface area (Å²) >= 11 is 0. The van der Waals surface area contributed by atoms with Crippen LogP contribution >= 0.6 is 0 Å². The fourth-order valence-electron chi connectivity index (χ4n) is 2.27. The number of ketones is 1. The van der Waals surface area contributed by atoms with E-state index in [-0.39, 0.29) is 17.3 Å². The number of rotatable bonds is 2. The number of benzene rings is 1. The summed E-state index contributed by atoms with van der Waals surface area (Å²) in [5.74, 6) is 1.06. The first kappa shape index (κ1) is 13.1. The lowest BCUT2D eigenvalue weighted by Gasteiger charge is -2.23. The first-order chi connectivity index (χ1) is 8.47. The Bertz CT molecular complexity index is 412. The maximum absolute atomic E-state index is 11.7. The zero-order chi connectivity index (χ0) is 13.2. The minimum absolute atomic E-state index is 0.152. The highest BCUT2D eigenvalue weighted by Crippen LogP contribution is 2.26. The molecule has 1 aromatic rings. The van der Waals surface area contributed by atoms with Crippen molar-refractivity contribution in [3.8, 4) is 5.75 Å². The van der Waals surface area contributed by atoms with Crippen molar-refractivity contribution in [1.29, 1.82) is 0 Å². The second kappa shape index (κ2) is 5.13. The van der Waals surface area contributed by atoms with Gasteiger partial charge in [-0.25, -0.2) is 0 Å². The van der Waals surface area contributed by atoms with Crippen molar-refractivity contribution in [1.82, 2.24) is 0 Å². The van der Waals surface area contributed by atoms with Crippen molar-refractivity contribution in [2.45, 2.75) is 58.0 Å². The van der Waals surface area contributed by atoms with E-state index in [2.05, 4.69) is 32.9 Å². The molecule has 1 aromatic carbocycles. The van der Waals surface area contributed by atoms with Crippen LogP contribution in [0.15, 0.2) is 24.3 Å². The van der Waals surface area contributed by atoms with Crippen LogP contribution in [-0.2, 0) is 10.2 Å². The molecule has 2 heteroatoms. The Morgan fingerprint density at radius 2 is 1.78 bits per heavy atom. The summed E-state index contributed by atoms with van der Waals surface area (Å²) in [5.41, 5.74) is 1.43. The highest BCUT2D eigenvalue weighted by molar-refractivity contribution is 5.84. The third-order valence-electron chi connectivity index (χ3n) is 3.50. The molecule has 0 spiro atoms. The molecule has 0 saturated heterocycles. The van der Waals surface area contributed by atoms with E-state index in [0.29, 0.717) is 6.42 Å². The topological polar surface area (TPSA) is 26.3 Å². The van der Waals surface area contributed by atoms with Gasteiger partial charge in [-0.1, -0.05) is 32.9 Å². The number of ether oxygens (including phenoxy) is 1. The normalized spacial score (nSPS) is 20.8. The molecule has 1 atom stereocenters. The molecule has 1 aliphatic rings. The summed E-state index contributed by atoms with van der Waals surface area (Å²) < 4.78 is 5.79. The molecular formula is C16H22O2. The van der Waals surface area contributed by atoms with E-state index in [1.165, 1.54) is 5.56 Å². The fourth-order valence-corrected chi connectivity index (χ4v) is 2.27. The van der Waals surface area contributed by atoms with Crippen LogP contribution in [0, 0.1) is 0 Å². The maximum Gasteiger partial charge on any atom is 0.173 e. The molecular weight excluding hydrogens is 224 g/mol. The summed E-state index contributed by atoms with van der Waals surface area (Å²) in [7, 11) is 0. The van der Waals surface area contributed by atoms with E-state index in [4.69, 9.17) is 4.74 Å². The number of carbonyl (C=O) groups excluding carboxylic acids is 1. The molecule has 18 heavy (non-hydrogen) atoms. The minimum Gasteiger partial charge on any atom is -0.483 e. The van der Waals surface area contributed by atoms with E-state index < -0.39 is 0 Å². The third kappa shape index (κ3) is 3.12. The van der Waals surface area contributed by atoms with Crippen molar-refractivity contribution in [2.75, 3.05) is 0 Å². The van der Waals surface area contributed by atoms with Gasteiger partial charge in [0.25, 0.3) is 0 Å². The van der Waals surface area contributed by atoms with Gasteiger partial charge in [-0.15, -0.1) is 0 Å².